The minimum atomic E-state index is -0.394. The van der Waals surface area contributed by atoms with Crippen LogP contribution in [0.15, 0.2) is 24.3 Å². The minimum Gasteiger partial charge on any atom is -0.397 e. The molecule has 0 radical (unpaired) electrons. The summed E-state index contributed by atoms with van der Waals surface area (Å²) in [7, 11) is 0. The Balaban J connectivity index is 1.26. The predicted molar refractivity (Wildman–Crippen MR) is 119 cm³/mol. The Morgan fingerprint density at radius 1 is 1.23 bits per heavy atom. The molecular weight excluding hydrogens is 416 g/mol. The van der Waals surface area contributed by atoms with E-state index in [0.717, 1.165) is 30.3 Å². The van der Waals surface area contributed by atoms with E-state index < -0.39 is 5.82 Å². The molecule has 2 aliphatic rings. The van der Waals surface area contributed by atoms with Crippen molar-refractivity contribution in [3.63, 3.8) is 0 Å². The second-order valence-corrected chi connectivity index (χ2v) is 9.90. The monoisotopic (exact) mass is 441 g/mol. The van der Waals surface area contributed by atoms with Gasteiger partial charge in [-0.1, -0.05) is 6.42 Å². The molecule has 4 nitrogen and oxygen atoms in total. The second kappa shape index (κ2) is 7.86. The summed E-state index contributed by atoms with van der Waals surface area (Å²) in [5.74, 6) is 0.277. The highest BCUT2D eigenvalue weighted by molar-refractivity contribution is 7.21. The number of carbonyl (C=O) groups is 1. The van der Waals surface area contributed by atoms with Gasteiger partial charge in [0, 0.05) is 17.6 Å². The topological polar surface area (TPSA) is 68.0 Å². The lowest BCUT2D eigenvalue weighted by molar-refractivity contribution is 0.0959. The van der Waals surface area contributed by atoms with Gasteiger partial charge in [0.1, 0.15) is 21.3 Å². The van der Waals surface area contributed by atoms with Crippen LogP contribution in [0.3, 0.4) is 0 Å². The number of hydrogen-bond acceptors (Lipinski definition) is 4. The molecule has 2 saturated carbocycles. The van der Waals surface area contributed by atoms with Crippen LogP contribution in [-0.2, 0) is 6.42 Å². The first-order chi connectivity index (χ1) is 14.9. The highest BCUT2D eigenvalue weighted by Gasteiger charge is 2.41. The Labute approximate surface area is 183 Å². The summed E-state index contributed by atoms with van der Waals surface area (Å²) in [6.45, 7) is 2.08. The van der Waals surface area contributed by atoms with Crippen molar-refractivity contribution in [3.05, 3.63) is 57.6 Å². The van der Waals surface area contributed by atoms with Gasteiger partial charge in [0.2, 0.25) is 0 Å². The number of nitrogen functional groups attached to an aromatic ring is 1. The highest BCUT2D eigenvalue weighted by Crippen LogP contribution is 2.53. The molecular formula is C24H25F2N3OS. The van der Waals surface area contributed by atoms with Crippen LogP contribution in [0.1, 0.15) is 58.1 Å². The second-order valence-electron chi connectivity index (χ2n) is 8.90. The number of hydrogen-bond donors (Lipinski definition) is 2. The number of rotatable bonds is 5. The van der Waals surface area contributed by atoms with E-state index in [1.165, 1.54) is 29.9 Å². The SMILES string of the molecule is Cc1ccc2c(N)c(C(=O)NCCc3cc(F)c(C4C[C@@H]5CC[C@H]4C5)cc3F)sc2n1. The smallest absolute Gasteiger partial charge is 0.263 e. The summed E-state index contributed by atoms with van der Waals surface area (Å²) in [6.07, 6.45) is 4.69. The Hall–Kier alpha value is -2.54. The van der Waals surface area contributed by atoms with Crippen molar-refractivity contribution < 1.29 is 13.6 Å². The standard InChI is InChI=1S/C24H25F2N3OS/c1-12-2-5-16-21(27)22(31-24(16)29-12)23(30)28-7-6-15-10-20(26)18(11-19(15)25)17-9-13-3-4-14(17)8-13/h2,5,10-11,13-14,17H,3-4,6-9,27H2,1H3,(H,28,30)/t13-,14+,17?/m1/s1. The van der Waals surface area contributed by atoms with E-state index in [1.807, 2.05) is 19.1 Å². The number of nitrogens with zero attached hydrogens (tertiary/aromatic N) is 1. The third kappa shape index (κ3) is 3.69. The van der Waals surface area contributed by atoms with Crippen LogP contribution in [-0.4, -0.2) is 17.4 Å². The van der Waals surface area contributed by atoms with Gasteiger partial charge in [0.05, 0.1) is 5.69 Å². The number of carbonyl (C=O) groups excluding carboxylic acids is 1. The molecule has 2 heterocycles. The maximum atomic E-state index is 14.8. The molecule has 0 saturated heterocycles. The van der Waals surface area contributed by atoms with Crippen LogP contribution in [0, 0.1) is 30.4 Å². The van der Waals surface area contributed by atoms with Crippen molar-refractivity contribution in [3.8, 4) is 0 Å². The third-order valence-electron chi connectivity index (χ3n) is 6.92. The lowest BCUT2D eigenvalue weighted by Gasteiger charge is -2.23. The van der Waals surface area contributed by atoms with Gasteiger partial charge in [-0.3, -0.25) is 4.79 Å². The van der Waals surface area contributed by atoms with Crippen molar-refractivity contribution in [2.45, 2.75) is 44.9 Å². The van der Waals surface area contributed by atoms with Crippen LogP contribution in [0.2, 0.25) is 0 Å². The number of anilines is 1. The zero-order chi connectivity index (χ0) is 21.7. The molecule has 1 unspecified atom stereocenters. The Kier molecular flexibility index (Phi) is 5.16. The molecule has 2 bridgehead atoms. The first-order valence-electron chi connectivity index (χ1n) is 10.8. The van der Waals surface area contributed by atoms with Gasteiger partial charge >= 0.3 is 0 Å². The van der Waals surface area contributed by atoms with Crippen molar-refractivity contribution >= 4 is 33.1 Å². The number of nitrogens with one attached hydrogen (secondary N) is 1. The summed E-state index contributed by atoms with van der Waals surface area (Å²) < 4.78 is 29.5. The Morgan fingerprint density at radius 3 is 2.81 bits per heavy atom. The molecule has 7 heteroatoms. The number of halogens is 2. The van der Waals surface area contributed by atoms with Gasteiger partial charge in [0.25, 0.3) is 5.91 Å². The molecule has 0 aliphatic heterocycles. The first kappa shape index (κ1) is 20.4. The highest BCUT2D eigenvalue weighted by atomic mass is 32.1. The van der Waals surface area contributed by atoms with Gasteiger partial charge in [0.15, 0.2) is 0 Å². The molecule has 3 N–H and O–H groups in total. The largest absolute Gasteiger partial charge is 0.397 e. The average Bonchev–Trinajstić information content (AvgIpc) is 3.45. The number of pyridine rings is 1. The summed E-state index contributed by atoms with van der Waals surface area (Å²) >= 11 is 1.24. The molecule has 2 aromatic heterocycles. The molecule has 5 rings (SSSR count). The van der Waals surface area contributed by atoms with Crippen molar-refractivity contribution in [1.29, 1.82) is 0 Å². The molecule has 3 aromatic rings. The Morgan fingerprint density at radius 2 is 2.06 bits per heavy atom. The van der Waals surface area contributed by atoms with E-state index in [0.29, 0.717) is 32.8 Å². The van der Waals surface area contributed by atoms with Crippen LogP contribution in [0.5, 0.6) is 0 Å². The number of thiophene rings is 1. The molecule has 0 spiro atoms. The van der Waals surface area contributed by atoms with Crippen molar-refractivity contribution in [2.75, 3.05) is 12.3 Å². The van der Waals surface area contributed by atoms with Crippen molar-refractivity contribution in [2.24, 2.45) is 11.8 Å². The summed E-state index contributed by atoms with van der Waals surface area (Å²) in [5, 5.41) is 3.53. The summed E-state index contributed by atoms with van der Waals surface area (Å²) in [5.41, 5.74) is 8.18. The van der Waals surface area contributed by atoms with Crippen LogP contribution in [0.25, 0.3) is 10.2 Å². The van der Waals surface area contributed by atoms with Gasteiger partial charge in [-0.15, -0.1) is 11.3 Å². The average molecular weight is 442 g/mol. The molecule has 162 valence electrons. The fourth-order valence-corrected chi connectivity index (χ4v) is 6.41. The quantitative estimate of drug-likeness (QED) is 0.561. The maximum absolute atomic E-state index is 14.8. The van der Waals surface area contributed by atoms with E-state index in [-0.39, 0.29) is 36.2 Å². The number of aromatic nitrogens is 1. The number of benzene rings is 1. The van der Waals surface area contributed by atoms with Crippen molar-refractivity contribution in [1.82, 2.24) is 10.3 Å². The number of aryl methyl sites for hydroxylation is 1. The molecule has 2 fully saturated rings. The molecule has 1 aromatic carbocycles. The van der Waals surface area contributed by atoms with Gasteiger partial charge < -0.3 is 11.1 Å². The molecule has 1 amide bonds. The van der Waals surface area contributed by atoms with Gasteiger partial charge in [-0.2, -0.15) is 0 Å². The number of nitrogens with two attached hydrogens (primary N) is 1. The lowest BCUT2D eigenvalue weighted by atomic mass is 9.83. The molecule has 2 aliphatic carbocycles. The predicted octanol–water partition coefficient (Wildman–Crippen LogP) is 5.34. The van der Waals surface area contributed by atoms with E-state index in [4.69, 9.17) is 5.73 Å². The zero-order valence-electron chi connectivity index (χ0n) is 17.4. The normalized spacial score (nSPS) is 22.4. The lowest BCUT2D eigenvalue weighted by Crippen LogP contribution is -2.26. The minimum absolute atomic E-state index is 0.148. The fraction of sp³-hybridized carbons (Fsp3) is 0.417. The van der Waals surface area contributed by atoms with E-state index in [9.17, 15) is 13.6 Å². The third-order valence-corrected chi connectivity index (χ3v) is 8.04. The van der Waals surface area contributed by atoms with E-state index >= 15 is 0 Å². The van der Waals surface area contributed by atoms with Crippen LogP contribution >= 0.6 is 11.3 Å². The summed E-state index contributed by atoms with van der Waals surface area (Å²) in [6, 6.07) is 6.40. The zero-order valence-corrected chi connectivity index (χ0v) is 18.2. The van der Waals surface area contributed by atoms with E-state index in [2.05, 4.69) is 10.3 Å². The maximum Gasteiger partial charge on any atom is 0.263 e. The first-order valence-corrected chi connectivity index (χ1v) is 11.6. The molecule has 3 atom stereocenters. The van der Waals surface area contributed by atoms with E-state index in [1.54, 1.807) is 0 Å². The van der Waals surface area contributed by atoms with Crippen LogP contribution in [0.4, 0.5) is 14.5 Å². The molecule has 31 heavy (non-hydrogen) atoms. The number of amides is 1. The van der Waals surface area contributed by atoms with Gasteiger partial charge in [-0.05, 0) is 85.8 Å². The summed E-state index contributed by atoms with van der Waals surface area (Å²) in [4.78, 5) is 18.1. The Bertz CT molecular complexity index is 1180. The van der Waals surface area contributed by atoms with Crippen LogP contribution < -0.4 is 11.1 Å². The number of fused-ring (bicyclic) bond motifs is 3. The fourth-order valence-electron chi connectivity index (χ4n) is 5.35. The van der Waals surface area contributed by atoms with Gasteiger partial charge in [-0.25, -0.2) is 13.8 Å².